The van der Waals surface area contributed by atoms with E-state index in [1.54, 1.807) is 7.11 Å². The molecule has 2 aromatic carbocycles. The van der Waals surface area contributed by atoms with Crippen molar-refractivity contribution in [2.75, 3.05) is 32.1 Å². The van der Waals surface area contributed by atoms with E-state index in [4.69, 9.17) is 9.84 Å². The molecule has 1 saturated heterocycles. The number of anilines is 1. The summed E-state index contributed by atoms with van der Waals surface area (Å²) in [7, 11) is 1.70. The molecule has 1 aromatic heterocycles. The number of methoxy groups -OCH3 is 1. The molecule has 150 valence electrons. The molecule has 2 aliphatic heterocycles. The van der Waals surface area contributed by atoms with Crippen molar-refractivity contribution in [3.05, 3.63) is 71.4 Å². The molecule has 5 rings (SSSR count). The second-order valence-electron chi connectivity index (χ2n) is 8.06. The Hall–Kier alpha value is -2.79. The van der Waals surface area contributed by atoms with E-state index in [9.17, 15) is 0 Å². The third-order valence-corrected chi connectivity index (χ3v) is 6.14. The smallest absolute Gasteiger partial charge is 0.133 e. The van der Waals surface area contributed by atoms with Crippen LogP contribution in [0.25, 0.3) is 5.69 Å². The number of piperidine rings is 1. The molecule has 1 unspecified atom stereocenters. The number of ether oxygens (including phenoxy) is 1. The standard InChI is InChI=1S/C24H28N4O/c1-29-21-11-9-20(10-12-21)28-24-22(13-14-25-24)23(26-28)19-8-5-15-27(17-19)16-18-6-3-2-4-7-18/h2-4,6-7,9-12,19,25H,5,8,13-17H2,1H3. The van der Waals surface area contributed by atoms with Gasteiger partial charge in [0.05, 0.1) is 18.5 Å². The first-order valence-electron chi connectivity index (χ1n) is 10.6. The molecule has 29 heavy (non-hydrogen) atoms. The number of hydrogen-bond acceptors (Lipinski definition) is 4. The van der Waals surface area contributed by atoms with E-state index in [1.807, 2.05) is 12.1 Å². The van der Waals surface area contributed by atoms with Crippen molar-refractivity contribution in [1.29, 1.82) is 0 Å². The predicted molar refractivity (Wildman–Crippen MR) is 116 cm³/mol. The molecule has 0 radical (unpaired) electrons. The van der Waals surface area contributed by atoms with Gasteiger partial charge in [-0.1, -0.05) is 30.3 Å². The average Bonchev–Trinajstić information content (AvgIpc) is 3.38. The molecular weight excluding hydrogens is 360 g/mol. The first-order valence-corrected chi connectivity index (χ1v) is 10.6. The minimum atomic E-state index is 0.501. The number of rotatable bonds is 5. The Balaban J connectivity index is 1.40. The van der Waals surface area contributed by atoms with E-state index in [0.29, 0.717) is 5.92 Å². The minimum absolute atomic E-state index is 0.501. The van der Waals surface area contributed by atoms with E-state index in [-0.39, 0.29) is 0 Å². The van der Waals surface area contributed by atoms with Crippen molar-refractivity contribution in [1.82, 2.24) is 14.7 Å². The van der Waals surface area contributed by atoms with Gasteiger partial charge in [-0.05, 0) is 55.6 Å². The zero-order chi connectivity index (χ0) is 19.6. The predicted octanol–water partition coefficient (Wildman–Crippen LogP) is 4.23. The van der Waals surface area contributed by atoms with Gasteiger partial charge in [0.15, 0.2) is 0 Å². The number of likely N-dealkylation sites (tertiary alicyclic amines) is 1. The van der Waals surface area contributed by atoms with Gasteiger partial charge in [0, 0.05) is 31.1 Å². The second-order valence-corrected chi connectivity index (χ2v) is 8.06. The van der Waals surface area contributed by atoms with Crippen LogP contribution in [0, 0.1) is 0 Å². The molecule has 0 aliphatic carbocycles. The molecular formula is C24H28N4O. The maximum Gasteiger partial charge on any atom is 0.133 e. The van der Waals surface area contributed by atoms with Crippen molar-refractivity contribution >= 4 is 5.82 Å². The van der Waals surface area contributed by atoms with Crippen LogP contribution in [0.3, 0.4) is 0 Å². The summed E-state index contributed by atoms with van der Waals surface area (Å²) >= 11 is 0. The summed E-state index contributed by atoms with van der Waals surface area (Å²) in [4.78, 5) is 2.59. The molecule has 1 atom stereocenters. The Morgan fingerprint density at radius 3 is 2.72 bits per heavy atom. The monoisotopic (exact) mass is 388 g/mol. The molecule has 0 spiro atoms. The number of nitrogens with one attached hydrogen (secondary N) is 1. The van der Waals surface area contributed by atoms with Crippen LogP contribution in [-0.2, 0) is 13.0 Å². The van der Waals surface area contributed by atoms with E-state index in [1.165, 1.54) is 42.0 Å². The van der Waals surface area contributed by atoms with E-state index in [2.05, 4.69) is 57.4 Å². The largest absolute Gasteiger partial charge is 0.497 e. The fourth-order valence-electron chi connectivity index (χ4n) is 4.70. The molecule has 0 bridgehead atoms. The number of benzene rings is 2. The van der Waals surface area contributed by atoms with Crippen LogP contribution in [-0.4, -0.2) is 41.4 Å². The van der Waals surface area contributed by atoms with Crippen LogP contribution >= 0.6 is 0 Å². The third-order valence-electron chi connectivity index (χ3n) is 6.14. The van der Waals surface area contributed by atoms with Gasteiger partial charge in [-0.3, -0.25) is 4.90 Å². The van der Waals surface area contributed by atoms with Crippen molar-refractivity contribution in [2.24, 2.45) is 0 Å². The average molecular weight is 389 g/mol. The first kappa shape index (κ1) is 18.3. The van der Waals surface area contributed by atoms with Crippen molar-refractivity contribution in [3.63, 3.8) is 0 Å². The Morgan fingerprint density at radius 1 is 1.10 bits per heavy atom. The lowest BCUT2D eigenvalue weighted by Gasteiger charge is -2.32. The quantitative estimate of drug-likeness (QED) is 0.710. The molecule has 1 fully saturated rings. The number of nitrogens with zero attached hydrogens (tertiary/aromatic N) is 3. The topological polar surface area (TPSA) is 42.3 Å². The Labute approximate surface area is 172 Å². The summed E-state index contributed by atoms with van der Waals surface area (Å²) in [6, 6.07) is 19.0. The van der Waals surface area contributed by atoms with Gasteiger partial charge in [0.1, 0.15) is 11.6 Å². The van der Waals surface area contributed by atoms with E-state index >= 15 is 0 Å². The molecule has 1 N–H and O–H groups in total. The van der Waals surface area contributed by atoms with Crippen LogP contribution in [0.4, 0.5) is 5.82 Å². The lowest BCUT2D eigenvalue weighted by molar-refractivity contribution is 0.198. The summed E-state index contributed by atoms with van der Waals surface area (Å²) in [5, 5.41) is 8.67. The highest BCUT2D eigenvalue weighted by atomic mass is 16.5. The van der Waals surface area contributed by atoms with Gasteiger partial charge in [0.25, 0.3) is 0 Å². The summed E-state index contributed by atoms with van der Waals surface area (Å²) in [6.45, 7) is 4.28. The van der Waals surface area contributed by atoms with Crippen molar-refractivity contribution in [3.8, 4) is 11.4 Å². The summed E-state index contributed by atoms with van der Waals surface area (Å²) in [5.74, 6) is 2.54. The summed E-state index contributed by atoms with van der Waals surface area (Å²) in [6.07, 6.45) is 3.52. The fourth-order valence-corrected chi connectivity index (χ4v) is 4.70. The highest BCUT2D eigenvalue weighted by Gasteiger charge is 2.30. The van der Waals surface area contributed by atoms with Gasteiger partial charge in [-0.25, -0.2) is 4.68 Å². The van der Waals surface area contributed by atoms with Gasteiger partial charge >= 0.3 is 0 Å². The van der Waals surface area contributed by atoms with Crippen LogP contribution in [0.2, 0.25) is 0 Å². The number of aromatic nitrogens is 2. The highest BCUT2D eigenvalue weighted by Crippen LogP contribution is 2.36. The Bertz CT molecular complexity index is 965. The van der Waals surface area contributed by atoms with Crippen LogP contribution in [0.15, 0.2) is 54.6 Å². The molecule has 5 heteroatoms. The molecule has 3 aromatic rings. The molecule has 0 saturated carbocycles. The van der Waals surface area contributed by atoms with Gasteiger partial charge in [-0.15, -0.1) is 0 Å². The Kier molecular flexibility index (Phi) is 4.98. The van der Waals surface area contributed by atoms with Crippen molar-refractivity contribution < 1.29 is 4.74 Å². The lowest BCUT2D eigenvalue weighted by Crippen LogP contribution is -2.34. The third kappa shape index (κ3) is 3.62. The lowest BCUT2D eigenvalue weighted by atomic mass is 9.91. The highest BCUT2D eigenvalue weighted by molar-refractivity contribution is 5.58. The SMILES string of the molecule is COc1ccc(-n2nc(C3CCCN(Cc4ccccc4)C3)c3c2NCC3)cc1. The fraction of sp³-hybridized carbons (Fsp3) is 0.375. The first-order chi connectivity index (χ1) is 14.3. The van der Waals surface area contributed by atoms with Crippen LogP contribution in [0.1, 0.15) is 35.6 Å². The molecule has 3 heterocycles. The molecule has 2 aliphatic rings. The van der Waals surface area contributed by atoms with E-state index in [0.717, 1.165) is 37.5 Å². The van der Waals surface area contributed by atoms with Crippen molar-refractivity contribution in [2.45, 2.75) is 31.7 Å². The van der Waals surface area contributed by atoms with Crippen LogP contribution < -0.4 is 10.1 Å². The van der Waals surface area contributed by atoms with Gasteiger partial charge in [-0.2, -0.15) is 5.10 Å². The van der Waals surface area contributed by atoms with Crippen LogP contribution in [0.5, 0.6) is 5.75 Å². The molecule has 5 nitrogen and oxygen atoms in total. The zero-order valence-electron chi connectivity index (χ0n) is 17.0. The zero-order valence-corrected chi connectivity index (χ0v) is 17.0. The van der Waals surface area contributed by atoms with Gasteiger partial charge < -0.3 is 10.1 Å². The Morgan fingerprint density at radius 2 is 1.93 bits per heavy atom. The second kappa shape index (κ2) is 7.91. The summed E-state index contributed by atoms with van der Waals surface area (Å²) in [5.41, 5.74) is 5.18. The number of hydrogen-bond donors (Lipinski definition) is 1. The maximum absolute atomic E-state index is 5.31. The maximum atomic E-state index is 5.31. The molecule has 0 amide bonds. The van der Waals surface area contributed by atoms with E-state index < -0.39 is 0 Å². The minimum Gasteiger partial charge on any atom is -0.497 e. The van der Waals surface area contributed by atoms with Gasteiger partial charge in [0.2, 0.25) is 0 Å². The summed E-state index contributed by atoms with van der Waals surface area (Å²) < 4.78 is 7.40. The normalized spacial score (nSPS) is 19.0. The number of fused-ring (bicyclic) bond motifs is 1.